The van der Waals surface area contributed by atoms with Gasteiger partial charge in [0.05, 0.1) is 24.0 Å². The Kier molecular flexibility index (Phi) is 8.70. The molecule has 0 saturated heterocycles. The van der Waals surface area contributed by atoms with Crippen molar-refractivity contribution in [1.82, 2.24) is 29.5 Å². The first-order chi connectivity index (χ1) is 19.0. The highest BCUT2D eigenvalue weighted by molar-refractivity contribution is 7.41. The molecule has 0 radical (unpaired) electrons. The van der Waals surface area contributed by atoms with Crippen molar-refractivity contribution in [1.29, 1.82) is 0 Å². The van der Waals surface area contributed by atoms with Gasteiger partial charge in [-0.1, -0.05) is 0 Å². The fourth-order valence-corrected chi connectivity index (χ4v) is 5.41. The molecular weight excluding hydrogens is 548 g/mol. The first-order valence-corrected chi connectivity index (χ1v) is 14.1. The Morgan fingerprint density at radius 2 is 2.08 bits per heavy atom. The number of pyridine rings is 1. The predicted molar refractivity (Wildman–Crippen MR) is 142 cm³/mol. The van der Waals surface area contributed by atoms with Crippen molar-refractivity contribution in [2.45, 2.75) is 38.6 Å². The molecule has 0 unspecified atom stereocenters. The molecule has 0 atom stereocenters. The molecule has 15 heteroatoms. The number of halogens is 1. The minimum Gasteiger partial charge on any atom is -0.378 e. The molecule has 0 bridgehead atoms. The molecule has 0 spiro atoms. The Balaban J connectivity index is 1.32. The van der Waals surface area contributed by atoms with Crippen molar-refractivity contribution in [2.24, 2.45) is 0 Å². The summed E-state index contributed by atoms with van der Waals surface area (Å²) >= 11 is 1.30. The van der Waals surface area contributed by atoms with Gasteiger partial charge in [-0.25, -0.2) is 14.1 Å². The quantitative estimate of drug-likeness (QED) is 0.235. The molecule has 4 aromatic rings. The second-order valence-electron chi connectivity index (χ2n) is 8.52. The van der Waals surface area contributed by atoms with Crippen molar-refractivity contribution in [3.8, 4) is 22.0 Å². The minimum atomic E-state index is -1.45. The molecule has 4 aromatic heterocycles. The van der Waals surface area contributed by atoms with E-state index < -0.39 is 20.3 Å². The molecule has 39 heavy (non-hydrogen) atoms. The number of aromatic nitrogens is 6. The van der Waals surface area contributed by atoms with E-state index in [1.807, 2.05) is 6.92 Å². The summed E-state index contributed by atoms with van der Waals surface area (Å²) in [6.45, 7) is 2.74. The van der Waals surface area contributed by atoms with E-state index in [2.05, 4.69) is 25.5 Å². The van der Waals surface area contributed by atoms with E-state index >= 15 is 0 Å². The largest absolute Gasteiger partial charge is 0.378 e. The molecule has 1 N–H and O–H groups in total. The second-order valence-corrected chi connectivity index (χ2v) is 10.8. The number of nitrogens with one attached hydrogen (secondary N) is 1. The summed E-state index contributed by atoms with van der Waals surface area (Å²) in [5.74, 6) is -0.975. The summed E-state index contributed by atoms with van der Waals surface area (Å²) in [4.78, 5) is 21.8. The van der Waals surface area contributed by atoms with Crippen LogP contribution in [0.2, 0.25) is 0 Å². The van der Waals surface area contributed by atoms with Gasteiger partial charge in [-0.2, -0.15) is 10.2 Å². The van der Waals surface area contributed by atoms with E-state index in [1.165, 1.54) is 43.9 Å². The third kappa shape index (κ3) is 6.21. The van der Waals surface area contributed by atoms with E-state index in [-0.39, 0.29) is 36.0 Å². The molecular formula is C24H27FN7O5PS. The Morgan fingerprint density at radius 1 is 1.26 bits per heavy atom. The van der Waals surface area contributed by atoms with E-state index in [4.69, 9.17) is 18.3 Å². The number of carbonyl (C=O) groups excluding carboxylic acids is 1. The first kappa shape index (κ1) is 27.4. The van der Waals surface area contributed by atoms with Gasteiger partial charge < -0.3 is 19.1 Å². The first-order valence-electron chi connectivity index (χ1n) is 12.1. The number of carbonyl (C=O) groups is 1. The van der Waals surface area contributed by atoms with Crippen LogP contribution in [0.3, 0.4) is 0 Å². The normalized spacial score (nSPS) is 16.9. The Morgan fingerprint density at radius 3 is 2.82 bits per heavy atom. The summed E-state index contributed by atoms with van der Waals surface area (Å²) in [5, 5.41) is 13.9. The summed E-state index contributed by atoms with van der Waals surface area (Å²) in [7, 11) is 1.55. The second kappa shape index (κ2) is 12.4. The fourth-order valence-electron chi connectivity index (χ4n) is 4.06. The van der Waals surface area contributed by atoms with Gasteiger partial charge in [0, 0.05) is 50.4 Å². The predicted octanol–water partition coefficient (Wildman–Crippen LogP) is 4.89. The lowest BCUT2D eigenvalue weighted by Crippen LogP contribution is -2.33. The Hall–Kier alpha value is -3.13. The molecule has 12 nitrogen and oxygen atoms in total. The zero-order valence-corrected chi connectivity index (χ0v) is 23.2. The van der Waals surface area contributed by atoms with Crippen LogP contribution in [0.1, 0.15) is 36.3 Å². The standard InChI is InChI=1S/C24H27FN7O5PS/c1-4-36-17-8-16(9-17)32-12-19(22(30-32)21-18(25)6-5-7-26-21)28-23(33)20-13-39-24(29-20)15-10-27-31(11-15)14-37-38(34-2)35-3/h5-7,10-13,16-17H,4,8-9,14H2,1-3H3,(H,28,33). The summed E-state index contributed by atoms with van der Waals surface area (Å²) in [5.41, 5.74) is 1.60. The van der Waals surface area contributed by atoms with Gasteiger partial charge in [-0.3, -0.25) is 19.0 Å². The lowest BCUT2D eigenvalue weighted by molar-refractivity contribution is -0.0226. The molecule has 1 amide bonds. The number of ether oxygens (including phenoxy) is 1. The highest BCUT2D eigenvalue weighted by atomic mass is 32.1. The van der Waals surface area contributed by atoms with Crippen molar-refractivity contribution in [3.05, 3.63) is 53.8 Å². The van der Waals surface area contributed by atoms with Crippen molar-refractivity contribution < 1.29 is 27.5 Å². The molecule has 5 rings (SSSR count). The third-order valence-electron chi connectivity index (χ3n) is 6.02. The van der Waals surface area contributed by atoms with Crippen LogP contribution < -0.4 is 5.32 Å². The van der Waals surface area contributed by atoms with Crippen LogP contribution in [0, 0.1) is 5.82 Å². The molecule has 0 aliphatic heterocycles. The topological polar surface area (TPSA) is 127 Å². The Bertz CT molecular complexity index is 1420. The van der Waals surface area contributed by atoms with E-state index in [0.717, 1.165) is 18.4 Å². The van der Waals surface area contributed by atoms with Gasteiger partial charge in [0.2, 0.25) is 0 Å². The molecule has 206 valence electrons. The number of hydrogen-bond donors (Lipinski definition) is 1. The molecule has 4 heterocycles. The summed E-state index contributed by atoms with van der Waals surface area (Å²) in [6.07, 6.45) is 8.33. The number of hydrogen-bond acceptors (Lipinski definition) is 10. The zero-order chi connectivity index (χ0) is 27.4. The maximum absolute atomic E-state index is 14.6. The molecule has 0 aromatic carbocycles. The Labute approximate surface area is 229 Å². The molecule has 1 aliphatic rings. The highest BCUT2D eigenvalue weighted by Crippen LogP contribution is 2.38. The van der Waals surface area contributed by atoms with E-state index in [9.17, 15) is 9.18 Å². The lowest BCUT2D eigenvalue weighted by atomic mass is 9.89. The van der Waals surface area contributed by atoms with Crippen LogP contribution in [-0.2, 0) is 25.0 Å². The van der Waals surface area contributed by atoms with Gasteiger partial charge in [0.15, 0.2) is 5.82 Å². The highest BCUT2D eigenvalue weighted by Gasteiger charge is 2.33. The van der Waals surface area contributed by atoms with Gasteiger partial charge in [-0.05, 0) is 31.9 Å². The molecule has 1 fully saturated rings. The van der Waals surface area contributed by atoms with Gasteiger partial charge in [0.25, 0.3) is 5.91 Å². The van der Waals surface area contributed by atoms with Crippen LogP contribution in [0.15, 0.2) is 42.3 Å². The maximum atomic E-state index is 14.6. The maximum Gasteiger partial charge on any atom is 0.333 e. The lowest BCUT2D eigenvalue weighted by Gasteiger charge is -2.34. The monoisotopic (exact) mass is 575 g/mol. The minimum absolute atomic E-state index is 0.0615. The van der Waals surface area contributed by atoms with Crippen molar-refractivity contribution >= 4 is 31.5 Å². The number of rotatable bonds is 12. The molecule has 1 aliphatic carbocycles. The summed E-state index contributed by atoms with van der Waals surface area (Å²) in [6, 6.07) is 2.91. The summed E-state index contributed by atoms with van der Waals surface area (Å²) < 4.78 is 39.2. The zero-order valence-electron chi connectivity index (χ0n) is 21.5. The van der Waals surface area contributed by atoms with Gasteiger partial charge in [-0.15, -0.1) is 11.3 Å². The van der Waals surface area contributed by atoms with Crippen LogP contribution in [0.25, 0.3) is 22.0 Å². The van der Waals surface area contributed by atoms with E-state index in [1.54, 1.807) is 33.3 Å². The van der Waals surface area contributed by atoms with Crippen molar-refractivity contribution in [3.63, 3.8) is 0 Å². The fraction of sp³-hybridized carbons (Fsp3) is 0.375. The van der Waals surface area contributed by atoms with Crippen LogP contribution in [0.4, 0.5) is 10.1 Å². The third-order valence-corrected chi connectivity index (χ3v) is 7.83. The average molecular weight is 576 g/mol. The van der Waals surface area contributed by atoms with Gasteiger partial charge >= 0.3 is 8.60 Å². The smallest absolute Gasteiger partial charge is 0.333 e. The number of anilines is 1. The molecule has 1 saturated carbocycles. The van der Waals surface area contributed by atoms with Crippen LogP contribution >= 0.6 is 19.9 Å². The SMILES string of the molecule is CCOC1CC(n2cc(NC(=O)c3csc(-c4cnn(COP(OC)OC)c4)n3)c(-c3ncccc3F)n2)C1. The van der Waals surface area contributed by atoms with Crippen LogP contribution in [-0.4, -0.2) is 62.4 Å². The number of thiazole rings is 1. The van der Waals surface area contributed by atoms with E-state index in [0.29, 0.717) is 17.3 Å². The van der Waals surface area contributed by atoms with Crippen molar-refractivity contribution in [2.75, 3.05) is 26.1 Å². The van der Waals surface area contributed by atoms with Crippen LogP contribution in [0.5, 0.6) is 0 Å². The van der Waals surface area contributed by atoms with Gasteiger partial charge in [0.1, 0.15) is 28.8 Å². The average Bonchev–Trinajstić information content (AvgIpc) is 3.67. The number of amides is 1. The number of nitrogens with zero attached hydrogens (tertiary/aromatic N) is 6.